The van der Waals surface area contributed by atoms with Crippen LogP contribution in [0.5, 0.6) is 11.5 Å². The van der Waals surface area contributed by atoms with Gasteiger partial charge in [0.2, 0.25) is 5.13 Å². The van der Waals surface area contributed by atoms with Crippen molar-refractivity contribution in [2.24, 2.45) is 11.0 Å². The van der Waals surface area contributed by atoms with Crippen molar-refractivity contribution in [1.82, 2.24) is 4.98 Å². The largest absolute Gasteiger partial charge is 0.490 e. The van der Waals surface area contributed by atoms with E-state index in [0.717, 1.165) is 16.8 Å². The number of halogens is 1. The van der Waals surface area contributed by atoms with Gasteiger partial charge in [-0.2, -0.15) is 5.10 Å². The van der Waals surface area contributed by atoms with Crippen LogP contribution in [0.1, 0.15) is 26.3 Å². The smallest absolute Gasteiger partial charge is 0.203 e. The maximum atomic E-state index is 6.42. The minimum Gasteiger partial charge on any atom is -0.490 e. The lowest BCUT2D eigenvalue weighted by Gasteiger charge is -2.15. The third-order valence-corrected chi connectivity index (χ3v) is 4.87. The molecule has 0 saturated carbocycles. The van der Waals surface area contributed by atoms with Crippen molar-refractivity contribution in [3.8, 4) is 22.8 Å². The number of hydrazone groups is 1. The summed E-state index contributed by atoms with van der Waals surface area (Å²) in [6.45, 7) is 7.19. The summed E-state index contributed by atoms with van der Waals surface area (Å²) >= 11 is 7.92. The predicted octanol–water partition coefficient (Wildman–Crippen LogP) is 6.34. The maximum Gasteiger partial charge on any atom is 0.203 e. The zero-order valence-electron chi connectivity index (χ0n) is 16.7. The summed E-state index contributed by atoms with van der Waals surface area (Å²) in [4.78, 5) is 4.55. The van der Waals surface area contributed by atoms with E-state index in [2.05, 4.69) is 29.4 Å². The summed E-state index contributed by atoms with van der Waals surface area (Å²) in [5, 5.41) is 7.50. The molecule has 1 N–H and O–H groups in total. The number of thiazole rings is 1. The second kappa shape index (κ2) is 10.3. The van der Waals surface area contributed by atoms with E-state index in [1.165, 1.54) is 11.3 Å². The van der Waals surface area contributed by atoms with Gasteiger partial charge < -0.3 is 9.47 Å². The summed E-state index contributed by atoms with van der Waals surface area (Å²) in [5.41, 5.74) is 5.77. The van der Waals surface area contributed by atoms with Crippen LogP contribution in [-0.2, 0) is 0 Å². The van der Waals surface area contributed by atoms with Gasteiger partial charge in [0, 0.05) is 10.9 Å². The lowest BCUT2D eigenvalue weighted by atomic mass is 10.2. The van der Waals surface area contributed by atoms with Gasteiger partial charge in [0.25, 0.3) is 0 Å². The minimum atomic E-state index is 0.394. The Hall–Kier alpha value is -2.57. The second-order valence-electron chi connectivity index (χ2n) is 6.74. The molecule has 152 valence electrons. The molecule has 0 fully saturated rings. The molecule has 0 amide bonds. The fourth-order valence-electron chi connectivity index (χ4n) is 2.54. The molecule has 3 rings (SSSR count). The van der Waals surface area contributed by atoms with Crippen molar-refractivity contribution in [2.75, 3.05) is 18.6 Å². The van der Waals surface area contributed by atoms with E-state index in [1.807, 2.05) is 54.8 Å². The molecule has 0 spiro atoms. The number of rotatable bonds is 9. The zero-order chi connectivity index (χ0) is 20.6. The molecule has 2 aromatic carbocycles. The summed E-state index contributed by atoms with van der Waals surface area (Å²) in [6.07, 6.45) is 1.68. The molecule has 0 aliphatic rings. The lowest BCUT2D eigenvalue weighted by molar-refractivity contribution is 0.248. The summed E-state index contributed by atoms with van der Waals surface area (Å²) in [6, 6.07) is 13.7. The normalized spacial score (nSPS) is 11.2. The molecule has 5 nitrogen and oxygen atoms in total. The molecule has 0 radical (unpaired) electrons. The molecule has 0 bridgehead atoms. The Bertz CT molecular complexity index is 958. The number of benzene rings is 2. The predicted molar refractivity (Wildman–Crippen MR) is 122 cm³/mol. The minimum absolute atomic E-state index is 0.394. The average molecular weight is 430 g/mol. The highest BCUT2D eigenvalue weighted by molar-refractivity contribution is 7.14. The molecule has 0 aliphatic carbocycles. The van der Waals surface area contributed by atoms with Gasteiger partial charge in [-0.05, 0) is 30.5 Å². The third-order valence-electron chi connectivity index (χ3n) is 3.84. The number of anilines is 1. The first-order valence-corrected chi connectivity index (χ1v) is 10.7. The van der Waals surface area contributed by atoms with E-state index in [0.29, 0.717) is 40.8 Å². The molecule has 1 aromatic heterocycles. The van der Waals surface area contributed by atoms with E-state index < -0.39 is 0 Å². The Labute approximate surface area is 180 Å². The lowest BCUT2D eigenvalue weighted by Crippen LogP contribution is -2.07. The Morgan fingerprint density at radius 2 is 2.00 bits per heavy atom. The first kappa shape index (κ1) is 21.1. The van der Waals surface area contributed by atoms with Crippen molar-refractivity contribution >= 4 is 34.3 Å². The van der Waals surface area contributed by atoms with Crippen LogP contribution in [0, 0.1) is 5.92 Å². The number of aromatic nitrogens is 1. The van der Waals surface area contributed by atoms with Crippen molar-refractivity contribution < 1.29 is 9.47 Å². The van der Waals surface area contributed by atoms with Gasteiger partial charge in [0.15, 0.2) is 11.5 Å². The molecular weight excluding hydrogens is 406 g/mol. The van der Waals surface area contributed by atoms with Gasteiger partial charge in [-0.15, -0.1) is 11.3 Å². The van der Waals surface area contributed by atoms with Crippen LogP contribution in [0.2, 0.25) is 5.02 Å². The number of nitrogens with zero attached hydrogens (tertiary/aromatic N) is 2. The van der Waals surface area contributed by atoms with Gasteiger partial charge in [-0.3, -0.25) is 5.43 Å². The summed E-state index contributed by atoms with van der Waals surface area (Å²) in [7, 11) is 0. The molecule has 1 heterocycles. The third kappa shape index (κ3) is 5.95. The van der Waals surface area contributed by atoms with Gasteiger partial charge in [-0.1, -0.05) is 55.8 Å². The van der Waals surface area contributed by atoms with Gasteiger partial charge >= 0.3 is 0 Å². The Morgan fingerprint density at radius 1 is 1.21 bits per heavy atom. The van der Waals surface area contributed by atoms with Crippen LogP contribution >= 0.6 is 22.9 Å². The first-order chi connectivity index (χ1) is 14.1. The fourth-order valence-corrected chi connectivity index (χ4v) is 3.49. The van der Waals surface area contributed by atoms with E-state index in [-0.39, 0.29) is 0 Å². The van der Waals surface area contributed by atoms with E-state index in [1.54, 1.807) is 6.21 Å². The van der Waals surface area contributed by atoms with Crippen LogP contribution in [-0.4, -0.2) is 24.4 Å². The molecule has 0 saturated heterocycles. The van der Waals surface area contributed by atoms with Crippen LogP contribution in [0.15, 0.2) is 52.9 Å². The monoisotopic (exact) mass is 429 g/mol. The van der Waals surface area contributed by atoms with E-state index >= 15 is 0 Å². The standard InChI is InChI=1S/C22H24ClN3O2S/c1-4-27-20-11-16(10-18(23)21(20)28-13-15(2)3)12-24-26-22-25-19(14-29-22)17-8-6-5-7-9-17/h5-12,14-15H,4,13H2,1-3H3,(H,25,26)/b24-12-. The van der Waals surface area contributed by atoms with Crippen LogP contribution in [0.25, 0.3) is 11.3 Å². The Kier molecular flexibility index (Phi) is 7.49. The quantitative estimate of drug-likeness (QED) is 0.318. The number of hydrogen-bond acceptors (Lipinski definition) is 6. The highest BCUT2D eigenvalue weighted by Gasteiger charge is 2.13. The van der Waals surface area contributed by atoms with Gasteiger partial charge in [-0.25, -0.2) is 4.98 Å². The molecule has 0 aliphatic heterocycles. The highest BCUT2D eigenvalue weighted by atomic mass is 35.5. The van der Waals surface area contributed by atoms with Crippen LogP contribution in [0.3, 0.4) is 0 Å². The average Bonchev–Trinajstić information content (AvgIpc) is 3.17. The van der Waals surface area contributed by atoms with Crippen molar-refractivity contribution in [3.05, 3.63) is 58.4 Å². The van der Waals surface area contributed by atoms with Gasteiger partial charge in [0.1, 0.15) is 0 Å². The Balaban J connectivity index is 1.71. The number of hydrogen-bond donors (Lipinski definition) is 1. The van der Waals surface area contributed by atoms with Crippen molar-refractivity contribution in [3.63, 3.8) is 0 Å². The fraction of sp³-hybridized carbons (Fsp3) is 0.273. The molecule has 7 heteroatoms. The molecule has 0 unspecified atom stereocenters. The molecular formula is C22H24ClN3O2S. The van der Waals surface area contributed by atoms with E-state index in [9.17, 15) is 0 Å². The summed E-state index contributed by atoms with van der Waals surface area (Å²) < 4.78 is 11.5. The SMILES string of the molecule is CCOc1cc(/C=N\Nc2nc(-c3ccccc3)cs2)cc(Cl)c1OCC(C)C. The number of ether oxygens (including phenoxy) is 2. The molecule has 29 heavy (non-hydrogen) atoms. The van der Waals surface area contributed by atoms with Crippen LogP contribution < -0.4 is 14.9 Å². The molecule has 0 atom stereocenters. The van der Waals surface area contributed by atoms with Crippen molar-refractivity contribution in [1.29, 1.82) is 0 Å². The van der Waals surface area contributed by atoms with E-state index in [4.69, 9.17) is 21.1 Å². The van der Waals surface area contributed by atoms with Crippen molar-refractivity contribution in [2.45, 2.75) is 20.8 Å². The second-order valence-corrected chi connectivity index (χ2v) is 8.01. The highest BCUT2D eigenvalue weighted by Crippen LogP contribution is 2.36. The maximum absolute atomic E-state index is 6.42. The first-order valence-electron chi connectivity index (χ1n) is 9.46. The topological polar surface area (TPSA) is 55.7 Å². The number of nitrogens with one attached hydrogen (secondary N) is 1. The Morgan fingerprint density at radius 3 is 2.72 bits per heavy atom. The zero-order valence-corrected chi connectivity index (χ0v) is 18.3. The van der Waals surface area contributed by atoms with Gasteiger partial charge in [0.05, 0.1) is 30.1 Å². The van der Waals surface area contributed by atoms with Crippen LogP contribution in [0.4, 0.5) is 5.13 Å². The summed E-state index contributed by atoms with van der Waals surface area (Å²) in [5.74, 6) is 1.58. The molecule has 3 aromatic rings.